The van der Waals surface area contributed by atoms with E-state index in [1.807, 2.05) is 60.7 Å². The Hall–Kier alpha value is -3.53. The Labute approximate surface area is 151 Å². The first-order chi connectivity index (χ1) is 12.6. The number of hydrogen-bond acceptors (Lipinski definition) is 3. The predicted molar refractivity (Wildman–Crippen MR) is 102 cm³/mol. The van der Waals surface area contributed by atoms with Crippen LogP contribution in [-0.4, -0.2) is 18.2 Å². The van der Waals surface area contributed by atoms with Crippen molar-refractivity contribution in [3.63, 3.8) is 0 Å². The van der Waals surface area contributed by atoms with E-state index >= 15 is 0 Å². The number of ether oxygens (including phenoxy) is 2. The van der Waals surface area contributed by atoms with Crippen LogP contribution >= 0.6 is 0 Å². The van der Waals surface area contributed by atoms with E-state index in [0.717, 1.165) is 28.4 Å². The predicted octanol–water partition coefficient (Wildman–Crippen LogP) is 5.36. The maximum Gasteiger partial charge on any atom is 0.335 e. The highest BCUT2D eigenvalue weighted by atomic mass is 16.5. The SMILES string of the molecule is COc1ccc(Oc2cccc(C=Cc3ccc(C(=O)O)cc3)c2)cc1. The number of aromatic carboxylic acids is 1. The van der Waals surface area contributed by atoms with Gasteiger partial charge in [-0.2, -0.15) is 0 Å². The van der Waals surface area contributed by atoms with Crippen LogP contribution in [0.2, 0.25) is 0 Å². The van der Waals surface area contributed by atoms with E-state index in [9.17, 15) is 4.79 Å². The lowest BCUT2D eigenvalue weighted by molar-refractivity contribution is 0.0697. The van der Waals surface area contributed by atoms with Crippen LogP contribution in [0.4, 0.5) is 0 Å². The molecule has 0 amide bonds. The molecular formula is C22H18O4. The third-order valence-corrected chi connectivity index (χ3v) is 3.78. The largest absolute Gasteiger partial charge is 0.497 e. The highest BCUT2D eigenvalue weighted by molar-refractivity contribution is 5.88. The minimum atomic E-state index is -0.927. The standard InChI is InChI=1S/C22H18O4/c1-25-19-11-13-20(14-12-19)26-21-4-2-3-17(15-21)6-5-16-7-9-18(10-8-16)22(23)24/h2-15H,1H3,(H,23,24). The molecule has 0 spiro atoms. The quantitative estimate of drug-likeness (QED) is 0.611. The molecule has 3 aromatic rings. The van der Waals surface area contributed by atoms with Gasteiger partial charge in [-0.05, 0) is 59.7 Å². The second-order valence-electron chi connectivity index (χ2n) is 5.61. The Balaban J connectivity index is 1.70. The molecule has 0 bridgehead atoms. The van der Waals surface area contributed by atoms with E-state index < -0.39 is 5.97 Å². The van der Waals surface area contributed by atoms with E-state index in [0.29, 0.717) is 0 Å². The molecule has 0 heterocycles. The second-order valence-corrected chi connectivity index (χ2v) is 5.61. The fourth-order valence-corrected chi connectivity index (χ4v) is 2.39. The lowest BCUT2D eigenvalue weighted by atomic mass is 10.1. The van der Waals surface area contributed by atoms with Crippen LogP contribution in [0.1, 0.15) is 21.5 Å². The molecule has 0 saturated heterocycles. The normalized spacial score (nSPS) is 10.7. The summed E-state index contributed by atoms with van der Waals surface area (Å²) in [5, 5.41) is 8.93. The average molecular weight is 346 g/mol. The minimum absolute atomic E-state index is 0.275. The molecular weight excluding hydrogens is 328 g/mol. The molecule has 3 rings (SSSR count). The number of methoxy groups -OCH3 is 1. The van der Waals surface area contributed by atoms with Gasteiger partial charge in [-0.25, -0.2) is 4.79 Å². The Bertz CT molecular complexity index is 910. The summed E-state index contributed by atoms with van der Waals surface area (Å²) in [4.78, 5) is 10.9. The number of carboxylic acids is 1. The van der Waals surface area contributed by atoms with Crippen LogP contribution in [0.5, 0.6) is 17.2 Å². The van der Waals surface area contributed by atoms with Crippen molar-refractivity contribution in [1.29, 1.82) is 0 Å². The number of rotatable bonds is 6. The van der Waals surface area contributed by atoms with Gasteiger partial charge in [0.25, 0.3) is 0 Å². The topological polar surface area (TPSA) is 55.8 Å². The van der Waals surface area contributed by atoms with Gasteiger partial charge in [0.15, 0.2) is 0 Å². The molecule has 0 fully saturated rings. The van der Waals surface area contributed by atoms with Crippen LogP contribution in [0.25, 0.3) is 12.2 Å². The average Bonchev–Trinajstić information content (AvgIpc) is 2.67. The molecule has 0 saturated carbocycles. The highest BCUT2D eigenvalue weighted by Crippen LogP contribution is 2.25. The van der Waals surface area contributed by atoms with Crippen molar-refractivity contribution in [2.45, 2.75) is 0 Å². The van der Waals surface area contributed by atoms with Gasteiger partial charge < -0.3 is 14.6 Å². The first kappa shape index (κ1) is 17.3. The molecule has 0 aliphatic rings. The summed E-state index contributed by atoms with van der Waals surface area (Å²) in [6.07, 6.45) is 3.88. The van der Waals surface area contributed by atoms with Crippen molar-refractivity contribution in [3.05, 3.63) is 89.5 Å². The summed E-state index contributed by atoms with van der Waals surface area (Å²) in [5.74, 6) is 1.32. The van der Waals surface area contributed by atoms with E-state index in [1.54, 1.807) is 31.4 Å². The maximum absolute atomic E-state index is 10.9. The second kappa shape index (κ2) is 8.03. The fraction of sp³-hybridized carbons (Fsp3) is 0.0455. The molecule has 1 N–H and O–H groups in total. The first-order valence-electron chi connectivity index (χ1n) is 8.07. The molecule has 0 aliphatic carbocycles. The first-order valence-corrected chi connectivity index (χ1v) is 8.07. The van der Waals surface area contributed by atoms with Gasteiger partial charge in [0, 0.05) is 0 Å². The van der Waals surface area contributed by atoms with Crippen molar-refractivity contribution in [2.75, 3.05) is 7.11 Å². The van der Waals surface area contributed by atoms with Crippen molar-refractivity contribution < 1.29 is 19.4 Å². The van der Waals surface area contributed by atoms with Gasteiger partial charge in [0.2, 0.25) is 0 Å². The molecule has 3 aromatic carbocycles. The molecule has 130 valence electrons. The van der Waals surface area contributed by atoms with Gasteiger partial charge in [0.1, 0.15) is 17.2 Å². The number of benzene rings is 3. The molecule has 0 aliphatic heterocycles. The van der Waals surface area contributed by atoms with Crippen molar-refractivity contribution in [1.82, 2.24) is 0 Å². The summed E-state index contributed by atoms with van der Waals surface area (Å²) < 4.78 is 11.0. The third-order valence-electron chi connectivity index (χ3n) is 3.78. The van der Waals surface area contributed by atoms with Crippen LogP contribution in [0, 0.1) is 0 Å². The van der Waals surface area contributed by atoms with Gasteiger partial charge in [0.05, 0.1) is 12.7 Å². The van der Waals surface area contributed by atoms with Crippen LogP contribution in [-0.2, 0) is 0 Å². The molecule has 4 nitrogen and oxygen atoms in total. The van der Waals surface area contributed by atoms with Crippen molar-refractivity contribution in [3.8, 4) is 17.2 Å². The number of hydrogen-bond donors (Lipinski definition) is 1. The van der Waals surface area contributed by atoms with Crippen LogP contribution in [0.15, 0.2) is 72.8 Å². The summed E-state index contributed by atoms with van der Waals surface area (Å²) in [7, 11) is 1.63. The number of carbonyl (C=O) groups is 1. The van der Waals surface area contributed by atoms with Crippen molar-refractivity contribution >= 4 is 18.1 Å². The summed E-state index contributed by atoms with van der Waals surface area (Å²) in [6.45, 7) is 0. The smallest absolute Gasteiger partial charge is 0.335 e. The molecule has 26 heavy (non-hydrogen) atoms. The lowest BCUT2D eigenvalue weighted by Gasteiger charge is -2.07. The molecule has 0 radical (unpaired) electrons. The molecule has 0 atom stereocenters. The van der Waals surface area contributed by atoms with Gasteiger partial charge in [-0.3, -0.25) is 0 Å². The third kappa shape index (κ3) is 4.51. The Morgan fingerprint density at radius 1 is 0.808 bits per heavy atom. The Morgan fingerprint density at radius 2 is 1.46 bits per heavy atom. The van der Waals surface area contributed by atoms with Crippen LogP contribution < -0.4 is 9.47 Å². The van der Waals surface area contributed by atoms with E-state index in [1.165, 1.54) is 0 Å². The minimum Gasteiger partial charge on any atom is -0.497 e. The zero-order valence-corrected chi connectivity index (χ0v) is 14.3. The Kier molecular flexibility index (Phi) is 5.34. The van der Waals surface area contributed by atoms with Gasteiger partial charge in [-0.15, -0.1) is 0 Å². The molecule has 4 heteroatoms. The molecule has 0 aromatic heterocycles. The number of carboxylic acid groups (broad SMARTS) is 1. The van der Waals surface area contributed by atoms with Gasteiger partial charge >= 0.3 is 5.97 Å². The Morgan fingerprint density at radius 3 is 2.12 bits per heavy atom. The lowest BCUT2D eigenvalue weighted by Crippen LogP contribution is -1.94. The van der Waals surface area contributed by atoms with E-state index in [4.69, 9.17) is 14.6 Å². The summed E-state index contributed by atoms with van der Waals surface area (Å²) in [6, 6.07) is 21.9. The summed E-state index contributed by atoms with van der Waals surface area (Å²) >= 11 is 0. The molecule has 0 unspecified atom stereocenters. The fourth-order valence-electron chi connectivity index (χ4n) is 2.39. The monoisotopic (exact) mass is 346 g/mol. The zero-order valence-electron chi connectivity index (χ0n) is 14.3. The summed E-state index contributed by atoms with van der Waals surface area (Å²) in [5.41, 5.74) is 2.19. The highest BCUT2D eigenvalue weighted by Gasteiger charge is 2.01. The zero-order chi connectivity index (χ0) is 18.4. The van der Waals surface area contributed by atoms with E-state index in [-0.39, 0.29) is 5.56 Å². The van der Waals surface area contributed by atoms with Gasteiger partial charge in [-0.1, -0.05) is 36.4 Å². The maximum atomic E-state index is 10.9. The van der Waals surface area contributed by atoms with E-state index in [2.05, 4.69) is 0 Å². The van der Waals surface area contributed by atoms with Crippen LogP contribution in [0.3, 0.4) is 0 Å². The van der Waals surface area contributed by atoms with Crippen molar-refractivity contribution in [2.24, 2.45) is 0 Å².